The number of fused-ring (bicyclic) bond motifs is 1. The van der Waals surface area contributed by atoms with Crippen molar-refractivity contribution in [3.05, 3.63) is 30.1 Å². The number of carbonyl (C=O) groups excluding carboxylic acids is 1. The van der Waals surface area contributed by atoms with Crippen LogP contribution < -0.4 is 0 Å². The van der Waals surface area contributed by atoms with Crippen LogP contribution >= 0.6 is 0 Å². The Kier molecular flexibility index (Phi) is 4.15. The maximum absolute atomic E-state index is 12.8. The van der Waals surface area contributed by atoms with E-state index in [1.165, 1.54) is 0 Å². The van der Waals surface area contributed by atoms with Crippen molar-refractivity contribution >= 4 is 16.9 Å². The minimum Gasteiger partial charge on any atom is -0.337 e. The fourth-order valence-electron chi connectivity index (χ4n) is 3.55. The molecule has 2 aromatic rings. The van der Waals surface area contributed by atoms with Gasteiger partial charge in [-0.15, -0.1) is 0 Å². The van der Waals surface area contributed by atoms with E-state index in [0.29, 0.717) is 18.0 Å². The van der Waals surface area contributed by atoms with Gasteiger partial charge >= 0.3 is 0 Å². The lowest BCUT2D eigenvalue weighted by Gasteiger charge is -2.22. The highest BCUT2D eigenvalue weighted by Gasteiger charge is 2.34. The van der Waals surface area contributed by atoms with E-state index in [1.54, 1.807) is 0 Å². The average molecular weight is 314 g/mol. The maximum Gasteiger partial charge on any atom is 0.253 e. The second-order valence-electron chi connectivity index (χ2n) is 7.17. The molecule has 2 atom stereocenters. The highest BCUT2D eigenvalue weighted by Crippen LogP contribution is 2.24. The summed E-state index contributed by atoms with van der Waals surface area (Å²) in [6.07, 6.45) is 1.85. The fraction of sp³-hybridized carbons (Fsp3) is 0.556. The number of hydrogen-bond acceptors (Lipinski definition) is 3. The lowest BCUT2D eigenvalue weighted by Crippen LogP contribution is -2.35. The van der Waals surface area contributed by atoms with E-state index in [1.807, 2.05) is 29.4 Å². The van der Waals surface area contributed by atoms with Gasteiger partial charge in [0.1, 0.15) is 0 Å². The van der Waals surface area contributed by atoms with Crippen LogP contribution in [-0.2, 0) is 0 Å². The Morgan fingerprint density at radius 1 is 1.30 bits per heavy atom. The van der Waals surface area contributed by atoms with Crippen LogP contribution in [0.15, 0.2) is 24.5 Å². The lowest BCUT2D eigenvalue weighted by atomic mass is 10.1. The van der Waals surface area contributed by atoms with Crippen molar-refractivity contribution in [2.45, 2.75) is 32.9 Å². The standard InChI is InChI=1S/C18H26N4O/c1-12(2)22-11-19-15-8-14(6-7-16(15)22)18(23)21-9-13(3)17(10-21)20(4)5/h6-8,11-13,17H,9-10H2,1-5H3/t13-,17+/m0/s1. The Bertz CT molecular complexity index is 719. The smallest absolute Gasteiger partial charge is 0.253 e. The summed E-state index contributed by atoms with van der Waals surface area (Å²) in [7, 11) is 4.17. The van der Waals surface area contributed by atoms with Gasteiger partial charge in [0.15, 0.2) is 0 Å². The minimum absolute atomic E-state index is 0.113. The summed E-state index contributed by atoms with van der Waals surface area (Å²) in [5, 5.41) is 0. The van der Waals surface area contributed by atoms with Crippen molar-refractivity contribution in [3.63, 3.8) is 0 Å². The van der Waals surface area contributed by atoms with Crippen LogP contribution in [0.2, 0.25) is 0 Å². The number of hydrogen-bond donors (Lipinski definition) is 0. The molecule has 0 bridgehead atoms. The number of rotatable bonds is 3. The highest BCUT2D eigenvalue weighted by molar-refractivity contribution is 5.97. The molecule has 1 fully saturated rings. The molecule has 2 heterocycles. The van der Waals surface area contributed by atoms with Crippen molar-refractivity contribution < 1.29 is 4.79 Å². The molecular formula is C18H26N4O. The molecule has 1 saturated heterocycles. The van der Waals surface area contributed by atoms with Crippen LogP contribution in [0, 0.1) is 5.92 Å². The first kappa shape index (κ1) is 16.0. The Morgan fingerprint density at radius 2 is 2.04 bits per heavy atom. The van der Waals surface area contributed by atoms with Gasteiger partial charge in [0, 0.05) is 30.7 Å². The molecule has 0 N–H and O–H groups in total. The van der Waals surface area contributed by atoms with Crippen molar-refractivity contribution in [1.82, 2.24) is 19.4 Å². The number of imidazole rings is 1. The predicted molar refractivity (Wildman–Crippen MR) is 92.7 cm³/mol. The number of nitrogens with zero attached hydrogens (tertiary/aromatic N) is 4. The number of aromatic nitrogens is 2. The van der Waals surface area contributed by atoms with Crippen molar-refractivity contribution in [1.29, 1.82) is 0 Å². The minimum atomic E-state index is 0.113. The second kappa shape index (κ2) is 5.96. The quantitative estimate of drug-likeness (QED) is 0.874. The summed E-state index contributed by atoms with van der Waals surface area (Å²) >= 11 is 0. The number of likely N-dealkylation sites (N-methyl/N-ethyl adjacent to an activating group) is 1. The molecule has 1 aromatic heterocycles. The summed E-state index contributed by atoms with van der Waals surface area (Å²) < 4.78 is 2.13. The van der Waals surface area contributed by atoms with E-state index in [-0.39, 0.29) is 5.91 Å². The first-order chi connectivity index (χ1) is 10.9. The Labute approximate surface area is 137 Å². The third-order valence-electron chi connectivity index (χ3n) is 4.90. The third-order valence-corrected chi connectivity index (χ3v) is 4.90. The molecule has 1 amide bonds. The Morgan fingerprint density at radius 3 is 2.65 bits per heavy atom. The molecule has 0 aliphatic carbocycles. The predicted octanol–water partition coefficient (Wildman–Crippen LogP) is 2.64. The van der Waals surface area contributed by atoms with Gasteiger partial charge in [-0.1, -0.05) is 6.92 Å². The van der Waals surface area contributed by atoms with Gasteiger partial charge in [0.25, 0.3) is 5.91 Å². The summed E-state index contributed by atoms with van der Waals surface area (Å²) in [5.74, 6) is 0.611. The molecule has 23 heavy (non-hydrogen) atoms. The summed E-state index contributed by atoms with van der Waals surface area (Å²) in [4.78, 5) is 21.5. The molecular weight excluding hydrogens is 288 g/mol. The van der Waals surface area contributed by atoms with Gasteiger partial charge in [-0.3, -0.25) is 4.79 Å². The lowest BCUT2D eigenvalue weighted by molar-refractivity contribution is 0.0781. The van der Waals surface area contributed by atoms with Crippen molar-refractivity contribution in [3.8, 4) is 0 Å². The van der Waals surface area contributed by atoms with E-state index in [9.17, 15) is 4.79 Å². The van der Waals surface area contributed by atoms with Crippen LogP contribution in [0.1, 0.15) is 37.2 Å². The van der Waals surface area contributed by atoms with E-state index in [2.05, 4.69) is 49.3 Å². The van der Waals surface area contributed by atoms with Gasteiger partial charge in [-0.25, -0.2) is 4.98 Å². The number of carbonyl (C=O) groups is 1. The summed E-state index contributed by atoms with van der Waals surface area (Å²) in [6, 6.07) is 6.66. The van der Waals surface area contributed by atoms with E-state index in [0.717, 1.165) is 29.7 Å². The SMILES string of the molecule is CC(C)n1cnc2cc(C(=O)N3C[C@@H](N(C)C)[C@@H](C)C3)ccc21. The molecule has 0 unspecified atom stereocenters. The van der Waals surface area contributed by atoms with Crippen LogP contribution in [0.4, 0.5) is 0 Å². The molecule has 124 valence electrons. The monoisotopic (exact) mass is 314 g/mol. The maximum atomic E-state index is 12.8. The first-order valence-corrected chi connectivity index (χ1v) is 8.30. The van der Waals surface area contributed by atoms with Gasteiger partial charge in [0.05, 0.1) is 17.4 Å². The van der Waals surface area contributed by atoms with Crippen molar-refractivity contribution in [2.75, 3.05) is 27.2 Å². The normalized spacial score (nSPS) is 21.8. The molecule has 5 nitrogen and oxygen atoms in total. The number of amides is 1. The fourth-order valence-corrected chi connectivity index (χ4v) is 3.55. The molecule has 1 aliphatic rings. The van der Waals surface area contributed by atoms with Gasteiger partial charge in [-0.05, 0) is 52.1 Å². The van der Waals surface area contributed by atoms with Gasteiger partial charge < -0.3 is 14.4 Å². The third kappa shape index (κ3) is 2.85. The van der Waals surface area contributed by atoms with E-state index >= 15 is 0 Å². The Balaban J connectivity index is 1.85. The molecule has 0 saturated carbocycles. The molecule has 5 heteroatoms. The first-order valence-electron chi connectivity index (χ1n) is 8.30. The zero-order valence-corrected chi connectivity index (χ0v) is 14.7. The Hall–Kier alpha value is -1.88. The largest absolute Gasteiger partial charge is 0.337 e. The second-order valence-corrected chi connectivity index (χ2v) is 7.17. The summed E-state index contributed by atoms with van der Waals surface area (Å²) in [6.45, 7) is 8.09. The molecule has 0 spiro atoms. The zero-order valence-electron chi connectivity index (χ0n) is 14.7. The average Bonchev–Trinajstić information content (AvgIpc) is 3.09. The zero-order chi connectivity index (χ0) is 16.7. The topological polar surface area (TPSA) is 41.4 Å². The molecule has 1 aromatic carbocycles. The van der Waals surface area contributed by atoms with Crippen LogP contribution in [0.25, 0.3) is 11.0 Å². The number of likely N-dealkylation sites (tertiary alicyclic amines) is 1. The molecule has 1 aliphatic heterocycles. The summed E-state index contributed by atoms with van der Waals surface area (Å²) in [5.41, 5.74) is 2.71. The molecule has 0 radical (unpaired) electrons. The molecule has 3 rings (SSSR count). The van der Waals surface area contributed by atoms with Crippen LogP contribution in [0.3, 0.4) is 0 Å². The van der Waals surface area contributed by atoms with E-state index < -0.39 is 0 Å². The van der Waals surface area contributed by atoms with Gasteiger partial charge in [0.2, 0.25) is 0 Å². The van der Waals surface area contributed by atoms with E-state index in [4.69, 9.17) is 0 Å². The highest BCUT2D eigenvalue weighted by atomic mass is 16.2. The van der Waals surface area contributed by atoms with Crippen LogP contribution in [0.5, 0.6) is 0 Å². The number of benzene rings is 1. The van der Waals surface area contributed by atoms with Gasteiger partial charge in [-0.2, -0.15) is 0 Å². The van der Waals surface area contributed by atoms with Crippen molar-refractivity contribution in [2.24, 2.45) is 5.92 Å². The van der Waals surface area contributed by atoms with Crippen LogP contribution in [-0.4, -0.2) is 58.5 Å².